The van der Waals surface area contributed by atoms with Crippen molar-refractivity contribution in [3.05, 3.63) is 53.1 Å². The zero-order chi connectivity index (χ0) is 23.0. The Labute approximate surface area is 193 Å². The van der Waals surface area contributed by atoms with Crippen LogP contribution in [-0.4, -0.2) is 84.7 Å². The fraction of sp³-hybridized carbons (Fsp3) is 0.458. The van der Waals surface area contributed by atoms with Gasteiger partial charge in [-0.05, 0) is 36.6 Å². The highest BCUT2D eigenvalue weighted by molar-refractivity contribution is 5.87. The van der Waals surface area contributed by atoms with Crippen molar-refractivity contribution in [2.75, 3.05) is 63.6 Å². The molecule has 9 nitrogen and oxygen atoms in total. The first-order valence-corrected chi connectivity index (χ1v) is 11.5. The van der Waals surface area contributed by atoms with Gasteiger partial charge in [-0.25, -0.2) is 4.98 Å². The zero-order valence-corrected chi connectivity index (χ0v) is 19.0. The first-order valence-electron chi connectivity index (χ1n) is 11.5. The van der Waals surface area contributed by atoms with Crippen LogP contribution in [0.4, 0.5) is 11.5 Å². The molecule has 0 aliphatic carbocycles. The third-order valence-corrected chi connectivity index (χ3v) is 6.07. The number of ether oxygens (including phenoxy) is 1. The Morgan fingerprint density at radius 3 is 2.94 bits per heavy atom. The lowest BCUT2D eigenvalue weighted by molar-refractivity contribution is -0.127. The number of hydrogen-bond donors (Lipinski definition) is 3. The summed E-state index contributed by atoms with van der Waals surface area (Å²) in [6.45, 7) is 5.37. The summed E-state index contributed by atoms with van der Waals surface area (Å²) >= 11 is 0. The molecule has 2 aromatic heterocycles. The number of anilines is 2. The van der Waals surface area contributed by atoms with Crippen molar-refractivity contribution in [3.63, 3.8) is 0 Å². The van der Waals surface area contributed by atoms with E-state index in [0.717, 1.165) is 69.2 Å². The van der Waals surface area contributed by atoms with E-state index in [1.807, 2.05) is 36.2 Å². The third-order valence-electron chi connectivity index (χ3n) is 6.07. The van der Waals surface area contributed by atoms with Gasteiger partial charge in [0.1, 0.15) is 11.5 Å². The van der Waals surface area contributed by atoms with E-state index in [4.69, 9.17) is 4.74 Å². The molecule has 3 N–H and O–H groups in total. The SMILES string of the molecule is CNc1cc(-c2c[nH]c(=O)c(N[C@@H]3CCCN(C(=O)C=CCN4CCOCC4)C3)c2)ccn1. The minimum Gasteiger partial charge on any atom is -0.379 e. The molecule has 0 radical (unpaired) electrons. The van der Waals surface area contributed by atoms with Crippen molar-refractivity contribution >= 4 is 17.4 Å². The summed E-state index contributed by atoms with van der Waals surface area (Å²) in [5, 5.41) is 6.39. The maximum absolute atomic E-state index is 12.7. The molecule has 1 amide bonds. The lowest BCUT2D eigenvalue weighted by Crippen LogP contribution is -2.45. The molecule has 2 aliphatic heterocycles. The summed E-state index contributed by atoms with van der Waals surface area (Å²) in [6, 6.07) is 5.72. The van der Waals surface area contributed by atoms with Crippen molar-refractivity contribution in [3.8, 4) is 11.1 Å². The highest BCUT2D eigenvalue weighted by Gasteiger charge is 2.23. The largest absolute Gasteiger partial charge is 0.379 e. The average molecular weight is 453 g/mol. The molecule has 9 heteroatoms. The number of pyridine rings is 2. The summed E-state index contributed by atoms with van der Waals surface area (Å²) in [5.74, 6) is 0.783. The first-order chi connectivity index (χ1) is 16.1. The molecule has 33 heavy (non-hydrogen) atoms. The Kier molecular flexibility index (Phi) is 7.74. The fourth-order valence-corrected chi connectivity index (χ4v) is 4.21. The molecular weight excluding hydrogens is 420 g/mol. The van der Waals surface area contributed by atoms with Crippen molar-refractivity contribution in [1.82, 2.24) is 19.8 Å². The number of H-pyrrole nitrogens is 1. The number of aromatic nitrogens is 2. The van der Waals surface area contributed by atoms with Gasteiger partial charge in [0.15, 0.2) is 0 Å². The molecule has 2 aliphatic rings. The molecule has 4 rings (SSSR count). The van der Waals surface area contributed by atoms with Gasteiger partial charge in [0.05, 0.1) is 13.2 Å². The molecule has 0 unspecified atom stereocenters. The van der Waals surface area contributed by atoms with Gasteiger partial charge in [-0.1, -0.05) is 6.08 Å². The monoisotopic (exact) mass is 452 g/mol. The number of hydrogen-bond acceptors (Lipinski definition) is 7. The van der Waals surface area contributed by atoms with Crippen LogP contribution >= 0.6 is 0 Å². The van der Waals surface area contributed by atoms with E-state index in [9.17, 15) is 9.59 Å². The Bertz CT molecular complexity index is 1030. The summed E-state index contributed by atoms with van der Waals surface area (Å²) in [4.78, 5) is 36.3. The number of carbonyl (C=O) groups is 1. The van der Waals surface area contributed by atoms with Crippen LogP contribution in [0.5, 0.6) is 0 Å². The summed E-state index contributed by atoms with van der Waals surface area (Å²) < 4.78 is 5.36. The minimum atomic E-state index is -0.171. The van der Waals surface area contributed by atoms with E-state index in [0.29, 0.717) is 12.2 Å². The molecule has 0 spiro atoms. The number of morpholine rings is 1. The van der Waals surface area contributed by atoms with E-state index in [2.05, 4.69) is 25.5 Å². The maximum atomic E-state index is 12.7. The second-order valence-corrected chi connectivity index (χ2v) is 8.39. The van der Waals surface area contributed by atoms with E-state index >= 15 is 0 Å². The van der Waals surface area contributed by atoms with Crippen LogP contribution in [0, 0.1) is 0 Å². The molecule has 176 valence electrons. The van der Waals surface area contributed by atoms with Gasteiger partial charge < -0.3 is 25.3 Å². The number of nitrogens with one attached hydrogen (secondary N) is 3. The van der Waals surface area contributed by atoms with E-state index in [1.54, 1.807) is 18.5 Å². The normalized spacial score (nSPS) is 19.5. The molecule has 1 atom stereocenters. The van der Waals surface area contributed by atoms with Crippen molar-refractivity contribution in [2.45, 2.75) is 18.9 Å². The van der Waals surface area contributed by atoms with Crippen LogP contribution in [0.3, 0.4) is 0 Å². The van der Waals surface area contributed by atoms with Crippen LogP contribution in [0.1, 0.15) is 12.8 Å². The van der Waals surface area contributed by atoms with Crippen LogP contribution in [-0.2, 0) is 9.53 Å². The van der Waals surface area contributed by atoms with E-state index in [-0.39, 0.29) is 17.5 Å². The van der Waals surface area contributed by atoms with Crippen LogP contribution < -0.4 is 16.2 Å². The summed E-state index contributed by atoms with van der Waals surface area (Å²) in [7, 11) is 1.82. The maximum Gasteiger partial charge on any atom is 0.271 e. The van der Waals surface area contributed by atoms with Gasteiger partial charge in [0.25, 0.3) is 5.56 Å². The number of rotatable bonds is 7. The first kappa shape index (κ1) is 23.0. The molecule has 2 aromatic rings. The average Bonchev–Trinajstić information content (AvgIpc) is 2.86. The summed E-state index contributed by atoms with van der Waals surface area (Å²) in [5.41, 5.74) is 2.19. The molecule has 2 fully saturated rings. The predicted molar refractivity (Wildman–Crippen MR) is 129 cm³/mol. The van der Waals surface area contributed by atoms with Gasteiger partial charge in [0, 0.05) is 69.8 Å². The van der Waals surface area contributed by atoms with Gasteiger partial charge in [-0.15, -0.1) is 0 Å². The van der Waals surface area contributed by atoms with Crippen LogP contribution in [0.25, 0.3) is 11.1 Å². The molecule has 0 saturated carbocycles. The van der Waals surface area contributed by atoms with E-state index in [1.165, 1.54) is 0 Å². The molecule has 0 bridgehead atoms. The smallest absolute Gasteiger partial charge is 0.271 e. The third kappa shape index (κ3) is 6.21. The zero-order valence-electron chi connectivity index (χ0n) is 19.0. The molecular formula is C24H32N6O3. The Hall–Kier alpha value is -3.17. The minimum absolute atomic E-state index is 0.0220. The standard InChI is InChI=1S/C24H32N6O3/c1-25-22-15-18(6-7-26-22)19-14-21(24(32)27-16-19)28-20-4-2-9-30(17-20)23(31)5-3-8-29-10-12-33-13-11-29/h3,5-7,14-16,20,28H,2,4,8-13,17H2,1H3,(H,25,26)(H,27,32)/t20-/m1/s1. The second kappa shape index (κ2) is 11.1. The van der Waals surface area contributed by atoms with Gasteiger partial charge >= 0.3 is 0 Å². The number of amides is 1. The molecule has 0 aromatic carbocycles. The van der Waals surface area contributed by atoms with Crippen molar-refractivity contribution < 1.29 is 9.53 Å². The topological polar surface area (TPSA) is 103 Å². The van der Waals surface area contributed by atoms with Crippen LogP contribution in [0.2, 0.25) is 0 Å². The van der Waals surface area contributed by atoms with Gasteiger partial charge in [-0.3, -0.25) is 14.5 Å². The molecule has 4 heterocycles. The Morgan fingerprint density at radius 2 is 2.12 bits per heavy atom. The van der Waals surface area contributed by atoms with Gasteiger partial charge in [-0.2, -0.15) is 0 Å². The number of likely N-dealkylation sites (tertiary alicyclic amines) is 1. The highest BCUT2D eigenvalue weighted by atomic mass is 16.5. The van der Waals surface area contributed by atoms with E-state index < -0.39 is 0 Å². The number of carbonyl (C=O) groups excluding carboxylic acids is 1. The van der Waals surface area contributed by atoms with Gasteiger partial charge in [0.2, 0.25) is 5.91 Å². The van der Waals surface area contributed by atoms with Crippen LogP contribution in [0.15, 0.2) is 47.5 Å². The fourth-order valence-electron chi connectivity index (χ4n) is 4.21. The predicted octanol–water partition coefficient (Wildman–Crippen LogP) is 1.77. The highest BCUT2D eigenvalue weighted by Crippen LogP contribution is 2.23. The second-order valence-electron chi connectivity index (χ2n) is 8.39. The number of piperidine rings is 1. The number of nitrogens with zero attached hydrogens (tertiary/aromatic N) is 3. The molecule has 2 saturated heterocycles. The van der Waals surface area contributed by atoms with Crippen molar-refractivity contribution in [1.29, 1.82) is 0 Å². The number of aromatic amines is 1. The lowest BCUT2D eigenvalue weighted by Gasteiger charge is -2.33. The van der Waals surface area contributed by atoms with Crippen molar-refractivity contribution in [2.24, 2.45) is 0 Å². The summed E-state index contributed by atoms with van der Waals surface area (Å²) in [6.07, 6.45) is 8.86. The lowest BCUT2D eigenvalue weighted by atomic mass is 10.0. The Morgan fingerprint density at radius 1 is 1.27 bits per heavy atom. The quantitative estimate of drug-likeness (QED) is 0.550. The Balaban J connectivity index is 1.37.